The van der Waals surface area contributed by atoms with Crippen molar-refractivity contribution in [2.75, 3.05) is 13.1 Å². The van der Waals surface area contributed by atoms with E-state index in [9.17, 15) is 0 Å². The van der Waals surface area contributed by atoms with Gasteiger partial charge in [-0.15, -0.1) is 11.3 Å². The first-order valence-corrected chi connectivity index (χ1v) is 9.39. The Morgan fingerprint density at radius 1 is 1.29 bits per heavy atom. The highest BCUT2D eigenvalue weighted by molar-refractivity contribution is 7.11. The van der Waals surface area contributed by atoms with E-state index in [-0.39, 0.29) is 0 Å². The van der Waals surface area contributed by atoms with Crippen molar-refractivity contribution in [3.05, 3.63) is 51.5 Å². The normalized spacial score (nSPS) is 12.9. The first-order chi connectivity index (χ1) is 11.6. The van der Waals surface area contributed by atoms with Gasteiger partial charge in [0.2, 0.25) is 0 Å². The molecule has 0 radical (unpaired) electrons. The molecule has 0 fully saturated rings. The summed E-state index contributed by atoms with van der Waals surface area (Å²) in [5, 5.41) is 6.85. The lowest BCUT2D eigenvalue weighted by Crippen LogP contribution is -2.43. The maximum Gasteiger partial charge on any atom is 0.191 e. The van der Waals surface area contributed by atoms with Crippen LogP contribution in [0.15, 0.2) is 35.6 Å². The van der Waals surface area contributed by atoms with E-state index in [2.05, 4.69) is 61.5 Å². The van der Waals surface area contributed by atoms with Crippen LogP contribution in [0.25, 0.3) is 0 Å². The van der Waals surface area contributed by atoms with Crippen molar-refractivity contribution in [3.8, 4) is 0 Å². The average molecular weight is 345 g/mol. The predicted molar refractivity (Wildman–Crippen MR) is 104 cm³/mol. The molecule has 5 heteroatoms. The smallest absolute Gasteiger partial charge is 0.191 e. The third-order valence-electron chi connectivity index (χ3n) is 3.82. The fraction of sp³-hybridized carbons (Fsp3) is 0.474. The van der Waals surface area contributed by atoms with Crippen LogP contribution in [0.5, 0.6) is 0 Å². The molecule has 0 amide bonds. The number of aromatic nitrogens is 1. The van der Waals surface area contributed by atoms with Gasteiger partial charge in [-0.05, 0) is 63.4 Å². The molecule has 2 N–H and O–H groups in total. The maximum absolute atomic E-state index is 4.71. The number of nitrogens with zero attached hydrogens (tertiary/aromatic N) is 2. The Kier molecular flexibility index (Phi) is 7.25. The van der Waals surface area contributed by atoms with E-state index in [0.29, 0.717) is 6.04 Å². The minimum atomic E-state index is 0.350. The van der Waals surface area contributed by atoms with Crippen LogP contribution in [0.4, 0.5) is 0 Å². The van der Waals surface area contributed by atoms with Crippen LogP contribution in [-0.4, -0.2) is 30.1 Å². The molecule has 130 valence electrons. The van der Waals surface area contributed by atoms with Crippen molar-refractivity contribution >= 4 is 17.3 Å². The second kappa shape index (κ2) is 9.42. The molecular weight excluding hydrogens is 316 g/mol. The summed E-state index contributed by atoms with van der Waals surface area (Å²) in [6, 6.07) is 6.83. The number of rotatable bonds is 7. The molecule has 0 aliphatic rings. The summed E-state index contributed by atoms with van der Waals surface area (Å²) in [4.78, 5) is 11.6. The summed E-state index contributed by atoms with van der Waals surface area (Å²) in [5.41, 5.74) is 2.54. The predicted octanol–water partition coefficient (Wildman–Crippen LogP) is 3.49. The van der Waals surface area contributed by atoms with E-state index in [0.717, 1.165) is 31.9 Å². The van der Waals surface area contributed by atoms with Crippen LogP contribution in [0.1, 0.15) is 34.7 Å². The van der Waals surface area contributed by atoms with Crippen LogP contribution in [0.2, 0.25) is 0 Å². The van der Waals surface area contributed by atoms with E-state index in [1.54, 1.807) is 0 Å². The van der Waals surface area contributed by atoms with Gasteiger partial charge >= 0.3 is 0 Å². The molecule has 0 bridgehead atoms. The number of aliphatic imine (C=N–C) groups is 1. The fourth-order valence-electron chi connectivity index (χ4n) is 2.57. The van der Waals surface area contributed by atoms with Gasteiger partial charge in [0.1, 0.15) is 0 Å². The van der Waals surface area contributed by atoms with E-state index >= 15 is 0 Å². The van der Waals surface area contributed by atoms with Gasteiger partial charge < -0.3 is 10.6 Å². The summed E-state index contributed by atoms with van der Waals surface area (Å²) in [6.45, 7) is 10.2. The highest BCUT2D eigenvalue weighted by Crippen LogP contribution is 2.16. The Morgan fingerprint density at radius 3 is 2.79 bits per heavy atom. The van der Waals surface area contributed by atoms with Gasteiger partial charge in [-0.3, -0.25) is 9.98 Å². The molecule has 2 aromatic heterocycles. The number of nitrogens with one attached hydrogen (secondary N) is 2. The molecule has 0 spiro atoms. The van der Waals surface area contributed by atoms with E-state index < -0.39 is 0 Å². The molecule has 0 aliphatic heterocycles. The molecule has 0 saturated carbocycles. The van der Waals surface area contributed by atoms with Crippen molar-refractivity contribution in [2.45, 2.75) is 46.6 Å². The van der Waals surface area contributed by atoms with Crippen molar-refractivity contribution in [1.29, 1.82) is 0 Å². The molecule has 1 atom stereocenters. The van der Waals surface area contributed by atoms with Crippen LogP contribution < -0.4 is 10.6 Å². The van der Waals surface area contributed by atoms with Crippen LogP contribution in [0.3, 0.4) is 0 Å². The SMILES string of the molecule is CCNC(=NCCc1ccncc1C)NC(C)Cc1ccc(C)s1. The lowest BCUT2D eigenvalue weighted by atomic mass is 10.1. The number of hydrogen-bond acceptors (Lipinski definition) is 3. The zero-order valence-electron chi connectivity index (χ0n) is 15.1. The fourth-order valence-corrected chi connectivity index (χ4v) is 3.59. The van der Waals surface area contributed by atoms with E-state index in [1.807, 2.05) is 23.7 Å². The van der Waals surface area contributed by atoms with Crippen molar-refractivity contribution in [1.82, 2.24) is 15.6 Å². The molecule has 2 rings (SSSR count). The Labute approximate surface area is 149 Å². The van der Waals surface area contributed by atoms with Gasteiger partial charge in [-0.1, -0.05) is 0 Å². The van der Waals surface area contributed by atoms with Gasteiger partial charge in [-0.25, -0.2) is 0 Å². The number of thiophene rings is 1. The second-order valence-electron chi connectivity index (χ2n) is 6.07. The molecule has 0 aliphatic carbocycles. The third-order valence-corrected chi connectivity index (χ3v) is 4.84. The molecule has 1 unspecified atom stereocenters. The molecule has 2 aromatic rings. The lowest BCUT2D eigenvalue weighted by molar-refractivity contribution is 0.645. The number of hydrogen-bond donors (Lipinski definition) is 2. The Hall–Kier alpha value is -1.88. The topological polar surface area (TPSA) is 49.3 Å². The van der Waals surface area contributed by atoms with Gasteiger partial charge in [0.05, 0.1) is 0 Å². The first-order valence-electron chi connectivity index (χ1n) is 8.58. The quantitative estimate of drug-likeness (QED) is 0.597. The Bertz CT molecular complexity index is 663. The summed E-state index contributed by atoms with van der Waals surface area (Å²) in [7, 11) is 0. The largest absolute Gasteiger partial charge is 0.357 e. The van der Waals surface area contributed by atoms with E-state index in [4.69, 9.17) is 4.99 Å². The molecular formula is C19H28N4S. The zero-order chi connectivity index (χ0) is 17.4. The number of guanidine groups is 1. The summed E-state index contributed by atoms with van der Waals surface area (Å²) >= 11 is 1.87. The van der Waals surface area contributed by atoms with Gasteiger partial charge in [0, 0.05) is 47.7 Å². The van der Waals surface area contributed by atoms with Gasteiger partial charge in [0.15, 0.2) is 5.96 Å². The molecule has 24 heavy (non-hydrogen) atoms. The van der Waals surface area contributed by atoms with Crippen molar-refractivity contribution in [3.63, 3.8) is 0 Å². The minimum absolute atomic E-state index is 0.350. The lowest BCUT2D eigenvalue weighted by Gasteiger charge is -2.17. The molecule has 0 aromatic carbocycles. The Balaban J connectivity index is 1.89. The summed E-state index contributed by atoms with van der Waals surface area (Å²) in [6.07, 6.45) is 5.71. The Morgan fingerprint density at radius 2 is 2.12 bits per heavy atom. The van der Waals surface area contributed by atoms with Crippen LogP contribution in [-0.2, 0) is 12.8 Å². The second-order valence-corrected chi connectivity index (χ2v) is 7.45. The van der Waals surface area contributed by atoms with Crippen molar-refractivity contribution in [2.24, 2.45) is 4.99 Å². The summed E-state index contributed by atoms with van der Waals surface area (Å²) in [5.74, 6) is 0.894. The number of pyridine rings is 1. The monoisotopic (exact) mass is 344 g/mol. The summed E-state index contributed by atoms with van der Waals surface area (Å²) < 4.78 is 0. The number of aryl methyl sites for hydroxylation is 2. The van der Waals surface area contributed by atoms with Gasteiger partial charge in [0.25, 0.3) is 0 Å². The average Bonchev–Trinajstić information content (AvgIpc) is 2.94. The minimum Gasteiger partial charge on any atom is -0.357 e. The zero-order valence-corrected chi connectivity index (χ0v) is 15.9. The van der Waals surface area contributed by atoms with Crippen LogP contribution >= 0.6 is 11.3 Å². The van der Waals surface area contributed by atoms with Crippen molar-refractivity contribution < 1.29 is 0 Å². The molecule has 4 nitrogen and oxygen atoms in total. The standard InChI is InChI=1S/C19H28N4S/c1-5-21-19(22-11-9-17-8-10-20-13-14(17)2)23-15(3)12-18-7-6-16(4)24-18/h6-8,10,13,15H,5,9,11-12H2,1-4H3,(H2,21,22,23). The maximum atomic E-state index is 4.71. The third kappa shape index (κ3) is 5.96. The highest BCUT2D eigenvalue weighted by atomic mass is 32.1. The molecule has 0 saturated heterocycles. The van der Waals surface area contributed by atoms with Crippen LogP contribution in [0, 0.1) is 13.8 Å². The van der Waals surface area contributed by atoms with E-state index in [1.165, 1.54) is 20.9 Å². The molecule has 2 heterocycles. The van der Waals surface area contributed by atoms with Gasteiger partial charge in [-0.2, -0.15) is 0 Å². The highest BCUT2D eigenvalue weighted by Gasteiger charge is 2.08. The first kappa shape index (κ1) is 18.5.